The first-order chi connectivity index (χ1) is 9.97. The highest BCUT2D eigenvalue weighted by Crippen LogP contribution is 2.28. The van der Waals surface area contributed by atoms with Crippen LogP contribution in [0.3, 0.4) is 0 Å². The van der Waals surface area contributed by atoms with Crippen LogP contribution < -0.4 is 10.6 Å². The Bertz CT molecular complexity index is 539. The number of rotatable bonds is 4. The van der Waals surface area contributed by atoms with Gasteiger partial charge in [-0.25, -0.2) is 4.39 Å². The van der Waals surface area contributed by atoms with Gasteiger partial charge in [0.05, 0.1) is 5.69 Å². The molecule has 0 saturated heterocycles. The number of hydrogen-bond acceptors (Lipinski definition) is 2. The van der Waals surface area contributed by atoms with E-state index < -0.39 is 11.9 Å². The lowest BCUT2D eigenvalue weighted by Gasteiger charge is -2.23. The number of anilines is 1. The van der Waals surface area contributed by atoms with Crippen molar-refractivity contribution in [3.63, 3.8) is 0 Å². The average molecular weight is 292 g/mol. The number of aryl methyl sites for hydroxylation is 1. The molecule has 0 bridgehead atoms. The quantitative estimate of drug-likeness (QED) is 0.896. The molecule has 0 spiro atoms. The van der Waals surface area contributed by atoms with Gasteiger partial charge in [0.15, 0.2) is 0 Å². The number of carbonyl (C=O) groups is 2. The molecule has 2 amide bonds. The van der Waals surface area contributed by atoms with Crippen molar-refractivity contribution in [2.75, 3.05) is 5.32 Å². The fourth-order valence-electron chi connectivity index (χ4n) is 2.84. The summed E-state index contributed by atoms with van der Waals surface area (Å²) in [7, 11) is 0. The van der Waals surface area contributed by atoms with Crippen molar-refractivity contribution in [2.24, 2.45) is 5.92 Å². The summed E-state index contributed by atoms with van der Waals surface area (Å²) in [6.45, 7) is 3.18. The molecule has 4 nitrogen and oxygen atoms in total. The molecule has 1 aromatic carbocycles. The van der Waals surface area contributed by atoms with Crippen molar-refractivity contribution >= 4 is 17.5 Å². The second kappa shape index (κ2) is 6.70. The zero-order chi connectivity index (χ0) is 15.4. The third kappa shape index (κ3) is 4.03. The minimum absolute atomic E-state index is 0.127. The Morgan fingerprint density at radius 3 is 2.52 bits per heavy atom. The maximum atomic E-state index is 13.8. The Balaban J connectivity index is 2.11. The van der Waals surface area contributed by atoms with Gasteiger partial charge in [0.2, 0.25) is 11.8 Å². The zero-order valence-electron chi connectivity index (χ0n) is 12.4. The van der Waals surface area contributed by atoms with Crippen molar-refractivity contribution in [3.05, 3.63) is 29.6 Å². The van der Waals surface area contributed by atoms with Crippen LogP contribution in [0.25, 0.3) is 0 Å². The molecule has 0 aromatic heterocycles. The molecule has 1 atom stereocenters. The topological polar surface area (TPSA) is 58.2 Å². The van der Waals surface area contributed by atoms with Crippen molar-refractivity contribution in [3.8, 4) is 0 Å². The van der Waals surface area contributed by atoms with E-state index in [1.54, 1.807) is 19.1 Å². The molecule has 0 radical (unpaired) electrons. The monoisotopic (exact) mass is 292 g/mol. The van der Waals surface area contributed by atoms with Gasteiger partial charge in [-0.05, 0) is 43.4 Å². The average Bonchev–Trinajstić information content (AvgIpc) is 2.92. The van der Waals surface area contributed by atoms with Gasteiger partial charge in [-0.3, -0.25) is 9.59 Å². The molecule has 1 unspecified atom stereocenters. The lowest BCUT2D eigenvalue weighted by atomic mass is 9.97. The van der Waals surface area contributed by atoms with Gasteiger partial charge in [-0.15, -0.1) is 0 Å². The molecular formula is C16H21FN2O2. The first-order valence-corrected chi connectivity index (χ1v) is 7.31. The Morgan fingerprint density at radius 1 is 1.29 bits per heavy atom. The van der Waals surface area contributed by atoms with Crippen LogP contribution in [-0.2, 0) is 9.59 Å². The third-order valence-electron chi connectivity index (χ3n) is 3.89. The Kier molecular flexibility index (Phi) is 4.94. The molecule has 1 saturated carbocycles. The predicted octanol–water partition coefficient (Wildman–Crippen LogP) is 2.77. The highest BCUT2D eigenvalue weighted by atomic mass is 19.1. The van der Waals surface area contributed by atoms with E-state index in [9.17, 15) is 14.0 Å². The lowest BCUT2D eigenvalue weighted by Crippen LogP contribution is -2.47. The summed E-state index contributed by atoms with van der Waals surface area (Å²) in [4.78, 5) is 23.7. The van der Waals surface area contributed by atoms with E-state index in [-0.39, 0.29) is 23.4 Å². The van der Waals surface area contributed by atoms with E-state index in [2.05, 4.69) is 10.6 Å². The maximum Gasteiger partial charge on any atom is 0.247 e. The fraction of sp³-hybridized carbons (Fsp3) is 0.500. The molecule has 0 aliphatic heterocycles. The number of carbonyl (C=O) groups excluding carboxylic acids is 2. The normalized spacial score (nSPS) is 16.5. The van der Waals surface area contributed by atoms with Crippen LogP contribution in [0.2, 0.25) is 0 Å². The summed E-state index contributed by atoms with van der Waals surface area (Å²) >= 11 is 0. The summed E-state index contributed by atoms with van der Waals surface area (Å²) in [6, 6.07) is 4.06. The number of hydrogen-bond donors (Lipinski definition) is 2. The molecule has 1 aliphatic rings. The SMILES string of the molecule is CC(=O)NC(C(=O)Nc1ccc(C)cc1F)C1CCCC1. The lowest BCUT2D eigenvalue weighted by molar-refractivity contribution is -0.126. The molecule has 1 aliphatic carbocycles. The number of halogens is 1. The smallest absolute Gasteiger partial charge is 0.247 e. The molecule has 1 fully saturated rings. The second-order valence-corrected chi connectivity index (χ2v) is 5.70. The number of nitrogens with one attached hydrogen (secondary N) is 2. The van der Waals surface area contributed by atoms with E-state index >= 15 is 0 Å². The molecule has 2 N–H and O–H groups in total. The standard InChI is InChI=1S/C16H21FN2O2/c1-10-7-8-14(13(17)9-10)19-16(21)15(18-11(2)20)12-5-3-4-6-12/h7-9,12,15H,3-6H2,1-2H3,(H,18,20)(H,19,21). The summed E-state index contributed by atoms with van der Waals surface area (Å²) in [5.74, 6) is -0.926. The minimum Gasteiger partial charge on any atom is -0.344 e. The molecule has 2 rings (SSSR count). The van der Waals surface area contributed by atoms with Gasteiger partial charge in [-0.1, -0.05) is 18.9 Å². The van der Waals surface area contributed by atoms with Gasteiger partial charge in [0.25, 0.3) is 0 Å². The molecule has 1 aromatic rings. The molecule has 114 valence electrons. The van der Waals surface area contributed by atoms with Crippen LogP contribution >= 0.6 is 0 Å². The van der Waals surface area contributed by atoms with Crippen molar-refractivity contribution in [2.45, 2.75) is 45.6 Å². The van der Waals surface area contributed by atoms with Crippen LogP contribution in [0.5, 0.6) is 0 Å². The van der Waals surface area contributed by atoms with E-state index in [4.69, 9.17) is 0 Å². The van der Waals surface area contributed by atoms with Crippen molar-refractivity contribution in [1.82, 2.24) is 5.32 Å². The van der Waals surface area contributed by atoms with E-state index in [0.29, 0.717) is 0 Å². The number of amides is 2. The third-order valence-corrected chi connectivity index (χ3v) is 3.89. The van der Waals surface area contributed by atoms with Crippen LogP contribution in [0, 0.1) is 18.7 Å². The maximum absolute atomic E-state index is 13.8. The second-order valence-electron chi connectivity index (χ2n) is 5.70. The highest BCUT2D eigenvalue weighted by molar-refractivity contribution is 5.97. The van der Waals surface area contributed by atoms with Gasteiger partial charge < -0.3 is 10.6 Å². The van der Waals surface area contributed by atoms with E-state index in [1.807, 2.05) is 0 Å². The van der Waals surface area contributed by atoms with Crippen molar-refractivity contribution in [1.29, 1.82) is 0 Å². The predicted molar refractivity (Wildman–Crippen MR) is 79.3 cm³/mol. The van der Waals surface area contributed by atoms with Gasteiger partial charge >= 0.3 is 0 Å². The Labute approximate surface area is 124 Å². The largest absolute Gasteiger partial charge is 0.344 e. The first kappa shape index (κ1) is 15.5. The van der Waals surface area contributed by atoms with Gasteiger partial charge in [0, 0.05) is 6.92 Å². The highest BCUT2D eigenvalue weighted by Gasteiger charge is 2.31. The molecule has 5 heteroatoms. The zero-order valence-corrected chi connectivity index (χ0v) is 12.4. The molecule has 21 heavy (non-hydrogen) atoms. The Morgan fingerprint density at radius 2 is 1.95 bits per heavy atom. The van der Waals surface area contributed by atoms with Gasteiger partial charge in [-0.2, -0.15) is 0 Å². The van der Waals surface area contributed by atoms with Gasteiger partial charge in [0.1, 0.15) is 11.9 Å². The van der Waals surface area contributed by atoms with Crippen LogP contribution in [-0.4, -0.2) is 17.9 Å². The summed E-state index contributed by atoms with van der Waals surface area (Å²) in [6.07, 6.45) is 3.95. The van der Waals surface area contributed by atoms with Crippen LogP contribution in [0.15, 0.2) is 18.2 Å². The summed E-state index contributed by atoms with van der Waals surface area (Å²) in [5, 5.41) is 5.29. The van der Waals surface area contributed by atoms with Crippen LogP contribution in [0.1, 0.15) is 38.2 Å². The minimum atomic E-state index is -0.592. The van der Waals surface area contributed by atoms with E-state index in [1.165, 1.54) is 13.0 Å². The fourth-order valence-corrected chi connectivity index (χ4v) is 2.84. The molecular weight excluding hydrogens is 271 g/mol. The summed E-state index contributed by atoms with van der Waals surface area (Å²) in [5.41, 5.74) is 0.943. The van der Waals surface area contributed by atoms with Crippen LogP contribution in [0.4, 0.5) is 10.1 Å². The Hall–Kier alpha value is -1.91. The van der Waals surface area contributed by atoms with Crippen molar-refractivity contribution < 1.29 is 14.0 Å². The number of benzene rings is 1. The first-order valence-electron chi connectivity index (χ1n) is 7.31. The van der Waals surface area contributed by atoms with E-state index in [0.717, 1.165) is 31.2 Å². The summed E-state index contributed by atoms with van der Waals surface area (Å²) < 4.78 is 13.8. The molecule has 0 heterocycles.